The van der Waals surface area contributed by atoms with Crippen LogP contribution in [0.2, 0.25) is 0 Å². The van der Waals surface area contributed by atoms with Crippen molar-refractivity contribution < 1.29 is 22.9 Å². The van der Waals surface area contributed by atoms with E-state index in [2.05, 4.69) is 4.98 Å². The molecule has 1 aliphatic heterocycles. The van der Waals surface area contributed by atoms with Gasteiger partial charge >= 0.3 is 11.8 Å². The van der Waals surface area contributed by atoms with Crippen LogP contribution in [0.4, 0.5) is 10.5 Å². The summed E-state index contributed by atoms with van der Waals surface area (Å²) in [5, 5.41) is 10.5. The Morgan fingerprint density at radius 3 is 2.76 bits per heavy atom. The lowest BCUT2D eigenvalue weighted by molar-refractivity contribution is -0.388. The van der Waals surface area contributed by atoms with Gasteiger partial charge in [-0.3, -0.25) is 10.1 Å². The number of carbonyl (C=O) groups is 1. The predicted octanol–water partition coefficient (Wildman–Crippen LogP) is 2.02. The van der Waals surface area contributed by atoms with E-state index in [1.807, 2.05) is 0 Å². The van der Waals surface area contributed by atoms with Crippen LogP contribution in [0.25, 0.3) is 0 Å². The van der Waals surface area contributed by atoms with Crippen molar-refractivity contribution in [3.8, 4) is 0 Å². The number of carbonyl (C=O) groups excluding carboxylic acids is 1. The third kappa shape index (κ3) is 4.88. The van der Waals surface area contributed by atoms with Crippen LogP contribution < -0.4 is 0 Å². The summed E-state index contributed by atoms with van der Waals surface area (Å²) in [5.74, 6) is -0.622. The zero-order valence-electron chi connectivity index (χ0n) is 14.3. The lowest BCUT2D eigenvalue weighted by Gasteiger charge is -2.24. The number of sulfone groups is 1. The van der Waals surface area contributed by atoms with Gasteiger partial charge in [0.05, 0.1) is 10.7 Å². The number of amides is 1. The zero-order valence-corrected chi connectivity index (χ0v) is 15.2. The highest BCUT2D eigenvalue weighted by Gasteiger charge is 2.35. The highest BCUT2D eigenvalue weighted by Crippen LogP contribution is 2.26. The van der Waals surface area contributed by atoms with E-state index in [9.17, 15) is 23.3 Å². The molecule has 10 heteroatoms. The van der Waals surface area contributed by atoms with Crippen molar-refractivity contribution in [2.75, 3.05) is 18.8 Å². The highest BCUT2D eigenvalue weighted by molar-refractivity contribution is 7.91. The van der Waals surface area contributed by atoms with Crippen molar-refractivity contribution in [1.29, 1.82) is 0 Å². The van der Waals surface area contributed by atoms with Gasteiger partial charge in [-0.1, -0.05) is 0 Å². The predicted molar refractivity (Wildman–Crippen MR) is 88.9 cm³/mol. The standard InChI is InChI=1S/C15H21N3O6S/c1-15(2,3)24-14(19)17-8-6-11(9-17)10-25(22,23)13-12(18(20)21)5-4-7-16-13/h4-5,7,11H,6,8-10H2,1-3H3. The van der Waals surface area contributed by atoms with Gasteiger partial charge in [0.2, 0.25) is 14.9 Å². The minimum absolute atomic E-state index is 0.231. The molecule has 0 spiro atoms. The summed E-state index contributed by atoms with van der Waals surface area (Å²) in [5.41, 5.74) is -1.17. The molecule has 1 aromatic rings. The van der Waals surface area contributed by atoms with Gasteiger partial charge in [0.1, 0.15) is 5.60 Å². The highest BCUT2D eigenvalue weighted by atomic mass is 32.2. The Labute approximate surface area is 146 Å². The lowest BCUT2D eigenvalue weighted by atomic mass is 10.2. The summed E-state index contributed by atoms with van der Waals surface area (Å²) in [6, 6.07) is 2.43. The van der Waals surface area contributed by atoms with E-state index in [1.54, 1.807) is 20.8 Å². The Bertz CT molecular complexity index is 772. The second-order valence-corrected chi connectivity index (χ2v) is 8.90. The molecule has 0 aliphatic carbocycles. The first-order valence-corrected chi connectivity index (χ1v) is 9.45. The Balaban J connectivity index is 2.08. The molecule has 1 amide bonds. The maximum atomic E-state index is 12.5. The summed E-state index contributed by atoms with van der Waals surface area (Å²) in [4.78, 5) is 27.4. The molecule has 2 heterocycles. The van der Waals surface area contributed by atoms with Crippen LogP contribution in [0, 0.1) is 16.0 Å². The molecule has 1 unspecified atom stereocenters. The molecule has 2 rings (SSSR count). The number of rotatable bonds is 4. The van der Waals surface area contributed by atoms with E-state index in [1.165, 1.54) is 17.2 Å². The van der Waals surface area contributed by atoms with Crippen LogP contribution in [0.3, 0.4) is 0 Å². The molecule has 1 fully saturated rings. The van der Waals surface area contributed by atoms with Crippen molar-refractivity contribution in [2.45, 2.75) is 37.8 Å². The third-order valence-electron chi connectivity index (χ3n) is 3.64. The molecular formula is C15H21N3O6S. The largest absolute Gasteiger partial charge is 0.444 e. The fourth-order valence-electron chi connectivity index (χ4n) is 2.61. The SMILES string of the molecule is CC(C)(C)OC(=O)N1CCC(CS(=O)(=O)c2ncccc2[N+](=O)[O-])C1. The van der Waals surface area contributed by atoms with Gasteiger partial charge < -0.3 is 9.64 Å². The Kier molecular flexibility index (Phi) is 5.31. The molecule has 1 atom stereocenters. The van der Waals surface area contributed by atoms with Gasteiger partial charge in [-0.05, 0) is 39.2 Å². The summed E-state index contributed by atoms with van der Waals surface area (Å²) in [6.45, 7) is 5.88. The summed E-state index contributed by atoms with van der Waals surface area (Å²) >= 11 is 0. The van der Waals surface area contributed by atoms with Crippen LogP contribution in [0.1, 0.15) is 27.2 Å². The van der Waals surface area contributed by atoms with Crippen LogP contribution >= 0.6 is 0 Å². The number of nitrogens with zero attached hydrogens (tertiary/aromatic N) is 3. The maximum Gasteiger partial charge on any atom is 0.410 e. The molecule has 0 bridgehead atoms. The van der Waals surface area contributed by atoms with Gasteiger partial charge in [0.25, 0.3) is 0 Å². The molecule has 1 aliphatic rings. The lowest BCUT2D eigenvalue weighted by Crippen LogP contribution is -2.35. The van der Waals surface area contributed by atoms with Gasteiger partial charge in [0, 0.05) is 25.4 Å². The summed E-state index contributed by atoms with van der Waals surface area (Å²) < 4.78 is 30.3. The van der Waals surface area contributed by atoms with E-state index in [-0.39, 0.29) is 18.2 Å². The van der Waals surface area contributed by atoms with Crippen molar-refractivity contribution in [1.82, 2.24) is 9.88 Å². The zero-order chi connectivity index (χ0) is 18.8. The normalized spacial score (nSPS) is 18.2. The van der Waals surface area contributed by atoms with Gasteiger partial charge in [0.15, 0.2) is 0 Å². The van der Waals surface area contributed by atoms with Crippen molar-refractivity contribution >= 4 is 21.6 Å². The van der Waals surface area contributed by atoms with E-state index in [0.29, 0.717) is 13.0 Å². The molecule has 138 valence electrons. The number of ether oxygens (including phenoxy) is 1. The van der Waals surface area contributed by atoms with E-state index >= 15 is 0 Å². The molecule has 0 saturated carbocycles. The number of pyridine rings is 1. The second-order valence-electron chi connectivity index (χ2n) is 6.95. The van der Waals surface area contributed by atoms with Crippen molar-refractivity contribution in [3.05, 3.63) is 28.4 Å². The second kappa shape index (κ2) is 6.95. The fourth-order valence-corrected chi connectivity index (χ4v) is 4.34. The number of nitro groups is 1. The molecule has 0 aromatic carbocycles. The molecule has 0 radical (unpaired) electrons. The molecule has 9 nitrogen and oxygen atoms in total. The maximum absolute atomic E-state index is 12.5. The van der Waals surface area contributed by atoms with Gasteiger partial charge in [-0.2, -0.15) is 0 Å². The molecular weight excluding hydrogens is 350 g/mol. The number of likely N-dealkylation sites (tertiary alicyclic amines) is 1. The van der Waals surface area contributed by atoms with E-state index in [0.717, 1.165) is 6.07 Å². The smallest absolute Gasteiger partial charge is 0.410 e. The van der Waals surface area contributed by atoms with E-state index < -0.39 is 37.2 Å². The number of hydrogen-bond acceptors (Lipinski definition) is 7. The first-order chi connectivity index (χ1) is 11.5. The molecule has 1 aromatic heterocycles. The average Bonchev–Trinajstić information content (AvgIpc) is 2.93. The Morgan fingerprint density at radius 2 is 2.16 bits per heavy atom. The monoisotopic (exact) mass is 371 g/mol. The van der Waals surface area contributed by atoms with Crippen LogP contribution in [-0.4, -0.2) is 53.8 Å². The molecule has 1 saturated heterocycles. The quantitative estimate of drug-likeness (QED) is 0.586. The fraction of sp³-hybridized carbons (Fsp3) is 0.600. The Hall–Kier alpha value is -2.23. The van der Waals surface area contributed by atoms with Crippen LogP contribution in [0.15, 0.2) is 23.4 Å². The van der Waals surface area contributed by atoms with Crippen molar-refractivity contribution in [2.24, 2.45) is 5.92 Å². The van der Waals surface area contributed by atoms with Gasteiger partial charge in [-0.15, -0.1) is 0 Å². The minimum atomic E-state index is -3.94. The minimum Gasteiger partial charge on any atom is -0.444 e. The van der Waals surface area contributed by atoms with Gasteiger partial charge in [-0.25, -0.2) is 18.2 Å². The van der Waals surface area contributed by atoms with Crippen LogP contribution in [0.5, 0.6) is 0 Å². The van der Waals surface area contributed by atoms with Crippen LogP contribution in [-0.2, 0) is 14.6 Å². The summed E-state index contributed by atoms with van der Waals surface area (Å²) in [7, 11) is -3.94. The van der Waals surface area contributed by atoms with Crippen molar-refractivity contribution in [3.63, 3.8) is 0 Å². The summed E-state index contributed by atoms with van der Waals surface area (Å²) in [6.07, 6.45) is 1.21. The number of hydrogen-bond donors (Lipinski definition) is 0. The Morgan fingerprint density at radius 1 is 1.48 bits per heavy atom. The third-order valence-corrected chi connectivity index (χ3v) is 5.45. The topological polar surface area (TPSA) is 120 Å². The molecule has 0 N–H and O–H groups in total. The average molecular weight is 371 g/mol. The first kappa shape index (κ1) is 19.1. The van der Waals surface area contributed by atoms with E-state index in [4.69, 9.17) is 4.74 Å². The molecule has 25 heavy (non-hydrogen) atoms. The number of aromatic nitrogens is 1. The first-order valence-electron chi connectivity index (χ1n) is 7.80.